The lowest BCUT2D eigenvalue weighted by atomic mass is 9.52. The first-order valence-corrected chi connectivity index (χ1v) is 12.6. The van der Waals surface area contributed by atoms with Crippen LogP contribution in [0, 0.1) is 28.5 Å². The minimum atomic E-state index is -1.33. The van der Waals surface area contributed by atoms with E-state index in [-0.39, 0.29) is 17.3 Å². The second-order valence-corrected chi connectivity index (χ2v) is 11.1. The molecule has 3 aliphatic carbocycles. The Bertz CT molecular complexity index is 987. The van der Waals surface area contributed by atoms with Crippen molar-refractivity contribution >= 4 is 27.7 Å². The van der Waals surface area contributed by atoms with E-state index in [2.05, 4.69) is 26.9 Å². The van der Waals surface area contributed by atoms with Gasteiger partial charge in [0, 0.05) is 5.92 Å². The van der Waals surface area contributed by atoms with Crippen molar-refractivity contribution in [2.75, 3.05) is 19.6 Å². The van der Waals surface area contributed by atoms with Crippen LogP contribution in [0.2, 0.25) is 0 Å². The number of rotatable bonds is 8. The summed E-state index contributed by atoms with van der Waals surface area (Å²) in [7, 11) is 0. The van der Waals surface area contributed by atoms with Crippen molar-refractivity contribution in [3.05, 3.63) is 46.2 Å². The summed E-state index contributed by atoms with van der Waals surface area (Å²) in [6, 6.07) is 4.72. The van der Waals surface area contributed by atoms with Gasteiger partial charge in [0.25, 0.3) is 0 Å². The van der Waals surface area contributed by atoms with Gasteiger partial charge in [0.1, 0.15) is 5.82 Å². The number of halogens is 2. The number of nitrogens with zero attached hydrogens (tertiary/aromatic N) is 1. The second kappa shape index (κ2) is 7.66. The highest BCUT2D eigenvalue weighted by atomic mass is 79.9. The van der Waals surface area contributed by atoms with Crippen molar-refractivity contribution in [1.29, 1.82) is 0 Å². The largest absolute Gasteiger partial charge is 0.369 e. The van der Waals surface area contributed by atoms with Crippen LogP contribution in [-0.2, 0) is 15.0 Å². The SMILES string of the molecule is NC(=O)[C@]1(CCCCN2CCCC2)[C@@H]2C=C[C@@H](C23CC3)[C@@]1(C(N)=O)c1ccc(Br)c(F)c1. The monoisotopic (exact) mass is 503 g/mol. The van der Waals surface area contributed by atoms with E-state index in [1.165, 1.54) is 18.9 Å². The van der Waals surface area contributed by atoms with Gasteiger partial charge >= 0.3 is 0 Å². The topological polar surface area (TPSA) is 89.4 Å². The molecule has 7 heteroatoms. The molecule has 5 nitrogen and oxygen atoms in total. The molecule has 4 aliphatic rings. The summed E-state index contributed by atoms with van der Waals surface area (Å²) in [4.78, 5) is 29.3. The number of primary amides is 2. The maximum Gasteiger partial charge on any atom is 0.229 e. The molecule has 4 N–H and O–H groups in total. The van der Waals surface area contributed by atoms with Gasteiger partial charge < -0.3 is 16.4 Å². The van der Waals surface area contributed by atoms with Gasteiger partial charge in [-0.2, -0.15) is 0 Å². The van der Waals surface area contributed by atoms with Crippen molar-refractivity contribution in [3.63, 3.8) is 0 Å². The summed E-state index contributed by atoms with van der Waals surface area (Å²) >= 11 is 3.21. The molecule has 2 amide bonds. The number of unbranched alkanes of at least 4 members (excludes halogenated alkanes) is 1. The third kappa shape index (κ3) is 2.76. The molecular weight excluding hydrogens is 473 g/mol. The van der Waals surface area contributed by atoms with E-state index in [1.807, 2.05) is 6.08 Å². The van der Waals surface area contributed by atoms with E-state index in [0.717, 1.165) is 45.3 Å². The van der Waals surface area contributed by atoms with Gasteiger partial charge in [0.15, 0.2) is 0 Å². The predicted octanol–water partition coefficient (Wildman–Crippen LogP) is 3.65. The number of hydrogen-bond donors (Lipinski definition) is 2. The number of allylic oxidation sites excluding steroid dienone is 2. The van der Waals surface area contributed by atoms with Gasteiger partial charge in [-0.1, -0.05) is 24.6 Å². The lowest BCUT2D eigenvalue weighted by Crippen LogP contribution is -2.62. The number of benzene rings is 1. The van der Waals surface area contributed by atoms with Crippen LogP contribution >= 0.6 is 15.9 Å². The van der Waals surface area contributed by atoms with E-state index in [4.69, 9.17) is 11.5 Å². The molecule has 3 fully saturated rings. The van der Waals surface area contributed by atoms with E-state index in [0.29, 0.717) is 16.5 Å². The third-order valence-electron chi connectivity index (χ3n) is 8.96. The molecule has 2 bridgehead atoms. The Labute approximate surface area is 196 Å². The van der Waals surface area contributed by atoms with Crippen LogP contribution in [0.4, 0.5) is 4.39 Å². The zero-order valence-corrected chi connectivity index (χ0v) is 19.9. The number of carbonyl (C=O) groups excluding carboxylic acids is 2. The fourth-order valence-corrected chi connectivity index (χ4v) is 7.83. The first-order valence-electron chi connectivity index (χ1n) is 11.8. The van der Waals surface area contributed by atoms with E-state index >= 15 is 0 Å². The number of nitrogens with two attached hydrogens (primary N) is 2. The standard InChI is InChI=1S/C25H31BrFN3O2/c26-17-6-5-16(15-18(17)27)25(22(29)32)20-8-7-19(23(20)10-11-23)24(25,21(28)31)9-1-2-12-30-13-3-4-14-30/h5-8,15,19-20H,1-4,9-14H2,(H2,28,31)(H2,29,32)/t19-,20+,24+,25-/m1/s1. The second-order valence-electron chi connectivity index (χ2n) is 10.2. The van der Waals surface area contributed by atoms with Crippen LogP contribution in [0.1, 0.15) is 50.5 Å². The minimum absolute atomic E-state index is 0.136. The summed E-state index contributed by atoms with van der Waals surface area (Å²) < 4.78 is 15.0. The van der Waals surface area contributed by atoms with Crippen LogP contribution in [0.25, 0.3) is 0 Å². The smallest absolute Gasteiger partial charge is 0.229 e. The Morgan fingerprint density at radius 2 is 1.75 bits per heavy atom. The Morgan fingerprint density at radius 3 is 2.34 bits per heavy atom. The van der Waals surface area contributed by atoms with Crippen LogP contribution in [-0.4, -0.2) is 36.3 Å². The van der Waals surface area contributed by atoms with E-state index in [9.17, 15) is 14.0 Å². The van der Waals surface area contributed by atoms with Crippen molar-refractivity contribution in [1.82, 2.24) is 4.90 Å². The van der Waals surface area contributed by atoms with Crippen molar-refractivity contribution in [2.24, 2.45) is 34.1 Å². The molecule has 0 unspecified atom stereocenters. The zero-order valence-electron chi connectivity index (χ0n) is 18.3. The summed E-state index contributed by atoms with van der Waals surface area (Å²) in [5.74, 6) is -1.88. The van der Waals surface area contributed by atoms with Crippen molar-refractivity contribution < 1.29 is 14.0 Å². The Hall–Kier alpha value is -1.73. The summed E-state index contributed by atoms with van der Waals surface area (Å²) in [6.45, 7) is 3.24. The Balaban J connectivity index is 1.58. The van der Waals surface area contributed by atoms with Crippen molar-refractivity contribution in [3.8, 4) is 0 Å². The zero-order chi connectivity index (χ0) is 22.7. The number of hydrogen-bond acceptors (Lipinski definition) is 3. The fraction of sp³-hybridized carbons (Fsp3) is 0.600. The number of carbonyl (C=O) groups is 2. The average molecular weight is 504 g/mol. The maximum absolute atomic E-state index is 14.7. The van der Waals surface area contributed by atoms with Gasteiger partial charge in [-0.25, -0.2) is 4.39 Å². The molecule has 0 radical (unpaired) electrons. The minimum Gasteiger partial charge on any atom is -0.369 e. The van der Waals surface area contributed by atoms with E-state index in [1.54, 1.807) is 12.1 Å². The molecule has 5 rings (SSSR count). The maximum atomic E-state index is 14.7. The molecule has 1 heterocycles. The molecule has 0 aromatic heterocycles. The molecule has 1 aliphatic heterocycles. The fourth-order valence-electron chi connectivity index (χ4n) is 7.58. The van der Waals surface area contributed by atoms with Gasteiger partial charge in [-0.15, -0.1) is 0 Å². The normalized spacial score (nSPS) is 34.4. The molecule has 1 aromatic rings. The molecule has 4 atom stereocenters. The summed E-state index contributed by atoms with van der Waals surface area (Å²) in [5.41, 5.74) is 10.2. The lowest BCUT2D eigenvalue weighted by molar-refractivity contribution is -0.143. The molecule has 1 aromatic carbocycles. The van der Waals surface area contributed by atoms with Crippen LogP contribution < -0.4 is 11.5 Å². The van der Waals surface area contributed by atoms with Gasteiger partial charge in [0.2, 0.25) is 11.8 Å². The molecule has 1 saturated heterocycles. The summed E-state index contributed by atoms with van der Waals surface area (Å²) in [6.07, 6.45) is 10.7. The van der Waals surface area contributed by atoms with Crippen LogP contribution in [0.15, 0.2) is 34.8 Å². The van der Waals surface area contributed by atoms with Crippen LogP contribution in [0.5, 0.6) is 0 Å². The van der Waals surface area contributed by atoms with Crippen molar-refractivity contribution in [2.45, 2.75) is 50.4 Å². The third-order valence-corrected chi connectivity index (χ3v) is 9.60. The number of amides is 2. The molecule has 32 heavy (non-hydrogen) atoms. The molecule has 1 spiro atoms. The number of likely N-dealkylation sites (tertiary alicyclic amines) is 1. The molecule has 2 saturated carbocycles. The highest BCUT2D eigenvalue weighted by Gasteiger charge is 2.82. The van der Waals surface area contributed by atoms with Gasteiger partial charge in [-0.3, -0.25) is 9.59 Å². The van der Waals surface area contributed by atoms with Crippen LogP contribution in [0.3, 0.4) is 0 Å². The average Bonchev–Trinajstić information content (AvgIpc) is 3.12. The Kier molecular flexibility index (Phi) is 5.28. The Morgan fingerprint density at radius 1 is 1.06 bits per heavy atom. The van der Waals surface area contributed by atoms with Gasteiger partial charge in [-0.05, 0) is 103 Å². The highest BCUT2D eigenvalue weighted by Crippen LogP contribution is 2.80. The molecular formula is C25H31BrFN3O2. The molecule has 172 valence electrons. The lowest BCUT2D eigenvalue weighted by Gasteiger charge is -2.48. The predicted molar refractivity (Wildman–Crippen MR) is 124 cm³/mol. The first kappa shape index (κ1) is 22.1. The van der Waals surface area contributed by atoms with Gasteiger partial charge in [0.05, 0.1) is 15.3 Å². The quantitative estimate of drug-likeness (QED) is 0.419. The summed E-state index contributed by atoms with van der Waals surface area (Å²) in [5, 5.41) is 0. The highest BCUT2D eigenvalue weighted by molar-refractivity contribution is 9.10. The first-order chi connectivity index (χ1) is 15.3. The van der Waals surface area contributed by atoms with E-state index < -0.39 is 28.5 Å².